The highest BCUT2D eigenvalue weighted by atomic mass is 32.1. The van der Waals surface area contributed by atoms with Gasteiger partial charge >= 0.3 is 0 Å². The lowest BCUT2D eigenvalue weighted by Gasteiger charge is -2.28. The fourth-order valence-corrected chi connectivity index (χ4v) is 20.1. The molecule has 2 aromatic heterocycles. The highest BCUT2D eigenvalue weighted by Crippen LogP contribution is 2.52. The van der Waals surface area contributed by atoms with Crippen LogP contribution in [0.25, 0.3) is 174 Å². The van der Waals surface area contributed by atoms with E-state index in [0.717, 1.165) is 66.3 Å². The van der Waals surface area contributed by atoms with Crippen LogP contribution in [0.3, 0.4) is 0 Å². The molecule has 0 aliphatic heterocycles. The second-order valence-corrected chi connectivity index (χ2v) is 34.4. The Morgan fingerprint density at radius 3 is 0.821 bits per heavy atom. The summed E-state index contributed by atoms with van der Waals surface area (Å²) in [6.45, 7) is 4.70. The molecule has 0 amide bonds. The number of aromatic nitrogens is 2. The summed E-state index contributed by atoms with van der Waals surface area (Å²) in [5.74, 6) is 0. The van der Waals surface area contributed by atoms with Crippen molar-refractivity contribution in [3.8, 4) is 110 Å². The van der Waals surface area contributed by atoms with Gasteiger partial charge in [0.2, 0.25) is 0 Å². The third-order valence-corrected chi connectivity index (χ3v) is 26.8. The first kappa shape index (κ1) is 74.1. The van der Waals surface area contributed by atoms with E-state index in [0.29, 0.717) is 0 Å². The summed E-state index contributed by atoms with van der Waals surface area (Å²) in [7, 11) is 0. The Balaban J connectivity index is 0.000000147. The van der Waals surface area contributed by atoms with E-state index in [1.807, 2.05) is 0 Å². The maximum atomic E-state index is 5.29. The molecular weight excluding hydrogens is 1530 g/mol. The average molecular weight is 1610 g/mol. The van der Waals surface area contributed by atoms with Gasteiger partial charge in [0.05, 0.1) is 20.4 Å². The zero-order valence-electron chi connectivity index (χ0n) is 67.8. The summed E-state index contributed by atoms with van der Waals surface area (Å²) in [5.41, 5.74) is 33.2. The maximum Gasteiger partial charge on any atom is 0.124 e. The second-order valence-electron chi connectivity index (χ2n) is 32.4. The Hall–Kier alpha value is -15.2. The van der Waals surface area contributed by atoms with Crippen LogP contribution >= 0.6 is 22.7 Å². The SMILES string of the molecule is CC1(C)c2ccccc2-c2ccc(N(c3ccc(-c4ccccc4)cc3)c3ccc(-c4ccc5c(ccc6ccc7sc(-c8ccc(-c9ccccc9)cc8)nc7c65)c4)cc3)cc21.c1ccc(-c2ccc(-c3nc4c(ccc5ccc6cc(-c7ccc(N(c8ccc(-c9ccccc9)cc8)c8ccc(-c9ccccc9)cc8)cc7)ccc6c54)s3)cc2)cc1. The second kappa shape index (κ2) is 31.5. The Morgan fingerprint density at radius 1 is 0.203 bits per heavy atom. The number of fused-ring (bicyclic) bond motifs is 13. The van der Waals surface area contributed by atoms with Crippen LogP contribution in [0.1, 0.15) is 25.0 Å². The fraction of sp³-hybridized carbons (Fsp3) is 0.0256. The first-order chi connectivity index (χ1) is 60.7. The van der Waals surface area contributed by atoms with Gasteiger partial charge in [-0.2, -0.15) is 0 Å². The Labute approximate surface area is 724 Å². The van der Waals surface area contributed by atoms with Crippen molar-refractivity contribution in [3.05, 3.63) is 460 Å². The summed E-state index contributed by atoms with van der Waals surface area (Å²) in [6.07, 6.45) is 0. The molecular formula is C117H80N4S2. The average Bonchev–Trinajstić information content (AvgIpc) is 1.61. The molecule has 23 rings (SSSR count). The molecule has 1 aliphatic carbocycles. The highest BCUT2D eigenvalue weighted by Gasteiger charge is 2.36. The number of anilines is 6. The van der Waals surface area contributed by atoms with Gasteiger partial charge in [0.25, 0.3) is 0 Å². The number of hydrogen-bond donors (Lipinski definition) is 0. The molecule has 22 aromatic rings. The first-order valence-corrected chi connectivity index (χ1v) is 43.7. The van der Waals surface area contributed by atoms with Crippen molar-refractivity contribution in [2.45, 2.75) is 19.3 Å². The molecule has 0 atom stereocenters. The van der Waals surface area contributed by atoms with Gasteiger partial charge in [-0.15, -0.1) is 22.7 Å². The Bertz CT molecular complexity index is 7580. The topological polar surface area (TPSA) is 32.3 Å². The summed E-state index contributed by atoms with van der Waals surface area (Å²) >= 11 is 3.52. The van der Waals surface area contributed by atoms with Gasteiger partial charge in [-0.05, 0) is 230 Å². The number of thiazole rings is 2. The van der Waals surface area contributed by atoms with Crippen LogP contribution in [0, 0.1) is 0 Å². The molecule has 0 spiro atoms. The monoisotopic (exact) mass is 1600 g/mol. The minimum atomic E-state index is -0.0985. The van der Waals surface area contributed by atoms with E-state index in [1.165, 1.54) is 153 Å². The van der Waals surface area contributed by atoms with E-state index in [4.69, 9.17) is 9.97 Å². The lowest BCUT2D eigenvalue weighted by Crippen LogP contribution is -2.16. The maximum absolute atomic E-state index is 5.29. The van der Waals surface area contributed by atoms with Gasteiger partial charge in [-0.3, -0.25) is 0 Å². The van der Waals surface area contributed by atoms with Crippen molar-refractivity contribution in [1.29, 1.82) is 0 Å². The summed E-state index contributed by atoms with van der Waals surface area (Å²) in [5, 5.41) is 11.8. The van der Waals surface area contributed by atoms with Gasteiger partial charge < -0.3 is 9.80 Å². The van der Waals surface area contributed by atoms with E-state index in [-0.39, 0.29) is 5.41 Å². The number of hydrogen-bond acceptors (Lipinski definition) is 6. The summed E-state index contributed by atoms with van der Waals surface area (Å²) < 4.78 is 2.40. The largest absolute Gasteiger partial charge is 0.311 e. The summed E-state index contributed by atoms with van der Waals surface area (Å²) in [6, 6.07) is 163. The zero-order valence-corrected chi connectivity index (χ0v) is 69.5. The lowest BCUT2D eigenvalue weighted by atomic mass is 9.82. The molecule has 4 nitrogen and oxygen atoms in total. The van der Waals surface area contributed by atoms with Crippen molar-refractivity contribution in [2.24, 2.45) is 0 Å². The number of nitrogens with zero attached hydrogens (tertiary/aromatic N) is 4. The molecule has 20 aromatic carbocycles. The number of benzene rings is 20. The molecule has 123 heavy (non-hydrogen) atoms. The molecule has 0 radical (unpaired) electrons. The Kier molecular flexibility index (Phi) is 19.0. The van der Waals surface area contributed by atoms with Crippen LogP contribution in [0.15, 0.2) is 449 Å². The number of rotatable bonds is 15. The molecule has 0 N–H and O–H groups in total. The smallest absolute Gasteiger partial charge is 0.124 e. The van der Waals surface area contributed by atoms with Gasteiger partial charge in [-0.1, -0.05) is 366 Å². The van der Waals surface area contributed by atoms with Gasteiger partial charge in [-0.25, -0.2) is 9.97 Å². The van der Waals surface area contributed by atoms with Gasteiger partial charge in [0.1, 0.15) is 10.0 Å². The normalized spacial score (nSPS) is 12.0. The lowest BCUT2D eigenvalue weighted by molar-refractivity contribution is 0.660. The third kappa shape index (κ3) is 14.1. The third-order valence-electron chi connectivity index (χ3n) is 24.6. The van der Waals surface area contributed by atoms with Crippen LogP contribution in [-0.2, 0) is 5.41 Å². The zero-order chi connectivity index (χ0) is 81.9. The van der Waals surface area contributed by atoms with Crippen molar-refractivity contribution in [1.82, 2.24) is 9.97 Å². The molecule has 0 fully saturated rings. The van der Waals surface area contributed by atoms with E-state index in [2.05, 4.69) is 473 Å². The Morgan fingerprint density at radius 2 is 0.463 bits per heavy atom. The van der Waals surface area contributed by atoms with Crippen LogP contribution in [0.5, 0.6) is 0 Å². The van der Waals surface area contributed by atoms with Crippen molar-refractivity contribution < 1.29 is 0 Å². The fourth-order valence-electron chi connectivity index (χ4n) is 18.2. The first-order valence-electron chi connectivity index (χ1n) is 42.0. The molecule has 0 bridgehead atoms. The minimum absolute atomic E-state index is 0.0985. The highest BCUT2D eigenvalue weighted by molar-refractivity contribution is 7.22. The van der Waals surface area contributed by atoms with Crippen molar-refractivity contribution in [3.63, 3.8) is 0 Å². The summed E-state index contributed by atoms with van der Waals surface area (Å²) in [4.78, 5) is 15.3. The molecule has 0 unspecified atom stereocenters. The van der Waals surface area contributed by atoms with Crippen molar-refractivity contribution in [2.75, 3.05) is 9.80 Å². The predicted octanol–water partition coefficient (Wildman–Crippen LogP) is 33.5. The molecule has 0 saturated heterocycles. The van der Waals surface area contributed by atoms with Crippen LogP contribution in [0.2, 0.25) is 0 Å². The molecule has 2 heterocycles. The van der Waals surface area contributed by atoms with E-state index >= 15 is 0 Å². The van der Waals surface area contributed by atoms with E-state index < -0.39 is 0 Å². The molecule has 6 heteroatoms. The predicted molar refractivity (Wildman–Crippen MR) is 525 cm³/mol. The van der Waals surface area contributed by atoms with E-state index in [9.17, 15) is 0 Å². The van der Waals surface area contributed by atoms with Gasteiger partial charge in [0.15, 0.2) is 0 Å². The molecule has 0 saturated carbocycles. The molecule has 580 valence electrons. The van der Waals surface area contributed by atoms with Crippen molar-refractivity contribution >= 4 is 120 Å². The van der Waals surface area contributed by atoms with Crippen LogP contribution < -0.4 is 9.80 Å². The van der Waals surface area contributed by atoms with Gasteiger partial charge in [0, 0.05) is 61.4 Å². The van der Waals surface area contributed by atoms with Crippen LogP contribution in [0.4, 0.5) is 34.1 Å². The quantitative estimate of drug-likeness (QED) is 0.0958. The van der Waals surface area contributed by atoms with E-state index in [1.54, 1.807) is 22.7 Å². The molecule has 1 aliphatic rings. The standard InChI is InChI=1S/C60H42N2S.C57H38N2S/c1-60(2)54-16-10-9-15-52(54)53-35-33-50(38-55(53)60)62(48-29-23-42(24-30-48)40-13-7-4-8-14-40)49-31-25-43(26-32-49)46-27-34-51-47(37-46)22-19-44-28-36-56-58(57(44)51)61-59(63-56)45-20-17-41(18-21-45)39-11-5-3-6-12-39;1-4-10-39(11-5-1)42-16-19-47(20-17-42)57-58-56-54(60-57)37-29-46-18-21-49-38-48(28-36-53(49)55(46)56)45-26-34-52(35-27-45)59(50-30-22-43(23-31-50)40-12-6-2-7-13-40)51-32-24-44(25-33-51)41-14-8-3-9-15-41/h3-38H,1-2H3;1-38H. The minimum Gasteiger partial charge on any atom is -0.311 e. The van der Waals surface area contributed by atoms with Crippen LogP contribution in [-0.4, -0.2) is 9.97 Å².